The second-order valence-electron chi connectivity index (χ2n) is 4.84. The molecule has 0 saturated carbocycles. The number of nitrogens with one attached hydrogen (secondary N) is 2. The fraction of sp³-hybridized carbons (Fsp3) is 0.176. The van der Waals surface area contributed by atoms with Crippen molar-refractivity contribution in [2.75, 3.05) is 17.2 Å². The highest BCUT2D eigenvalue weighted by Gasteiger charge is 2.09. The number of para-hydroxylation sites is 1. The van der Waals surface area contributed by atoms with Gasteiger partial charge in [-0.1, -0.05) is 18.2 Å². The van der Waals surface area contributed by atoms with E-state index in [0.29, 0.717) is 11.4 Å². The maximum atomic E-state index is 13.7. The molecule has 2 aromatic rings. The zero-order valence-electron chi connectivity index (χ0n) is 12.6. The van der Waals surface area contributed by atoms with Gasteiger partial charge in [-0.3, -0.25) is 9.59 Å². The van der Waals surface area contributed by atoms with E-state index in [1.54, 1.807) is 12.1 Å². The predicted octanol–water partition coefficient (Wildman–Crippen LogP) is 3.19. The minimum absolute atomic E-state index is 0.0148. The van der Waals surface area contributed by atoms with E-state index >= 15 is 0 Å². The van der Waals surface area contributed by atoms with Crippen LogP contribution in [0.15, 0.2) is 48.5 Å². The van der Waals surface area contributed by atoms with Gasteiger partial charge >= 0.3 is 0 Å². The van der Waals surface area contributed by atoms with Crippen LogP contribution in [0, 0.1) is 5.82 Å². The minimum Gasteiger partial charge on any atom is -0.493 e. The molecule has 2 rings (SSSR count). The van der Waals surface area contributed by atoms with Gasteiger partial charge in [0.2, 0.25) is 11.8 Å². The van der Waals surface area contributed by atoms with Gasteiger partial charge in [0.15, 0.2) is 0 Å². The number of benzene rings is 2. The predicted molar refractivity (Wildman–Crippen MR) is 85.9 cm³/mol. The Labute approximate surface area is 133 Å². The first kappa shape index (κ1) is 16.5. The van der Waals surface area contributed by atoms with Gasteiger partial charge in [0.05, 0.1) is 18.7 Å². The zero-order chi connectivity index (χ0) is 16.7. The smallest absolute Gasteiger partial charge is 0.227 e. The van der Waals surface area contributed by atoms with Crippen molar-refractivity contribution in [2.45, 2.75) is 13.3 Å². The number of halogens is 1. The molecule has 0 aliphatic carbocycles. The van der Waals surface area contributed by atoms with Gasteiger partial charge in [-0.05, 0) is 30.3 Å². The molecule has 0 aromatic heterocycles. The highest BCUT2D eigenvalue weighted by molar-refractivity contribution is 5.93. The fourth-order valence-corrected chi connectivity index (χ4v) is 1.89. The van der Waals surface area contributed by atoms with Crippen LogP contribution in [-0.4, -0.2) is 18.4 Å². The second-order valence-corrected chi connectivity index (χ2v) is 4.84. The van der Waals surface area contributed by atoms with Crippen LogP contribution in [-0.2, 0) is 9.59 Å². The third-order valence-corrected chi connectivity index (χ3v) is 2.90. The number of amides is 2. The normalized spacial score (nSPS) is 10.0. The molecule has 120 valence electrons. The van der Waals surface area contributed by atoms with Gasteiger partial charge in [0.25, 0.3) is 0 Å². The fourth-order valence-electron chi connectivity index (χ4n) is 1.89. The molecule has 0 fully saturated rings. The van der Waals surface area contributed by atoms with Gasteiger partial charge in [0.1, 0.15) is 11.6 Å². The summed E-state index contributed by atoms with van der Waals surface area (Å²) in [4.78, 5) is 22.8. The van der Waals surface area contributed by atoms with Gasteiger partial charge in [-0.2, -0.15) is 0 Å². The summed E-state index contributed by atoms with van der Waals surface area (Å²) in [5, 5.41) is 4.99. The highest BCUT2D eigenvalue weighted by atomic mass is 19.1. The third kappa shape index (κ3) is 5.43. The van der Waals surface area contributed by atoms with Crippen molar-refractivity contribution in [3.63, 3.8) is 0 Å². The van der Waals surface area contributed by atoms with Crippen molar-refractivity contribution in [1.82, 2.24) is 0 Å². The van der Waals surface area contributed by atoms with Crippen LogP contribution < -0.4 is 15.4 Å². The van der Waals surface area contributed by atoms with Crippen molar-refractivity contribution in [3.05, 3.63) is 54.3 Å². The molecule has 0 radical (unpaired) electrons. The molecule has 2 N–H and O–H groups in total. The maximum Gasteiger partial charge on any atom is 0.227 e. The first-order valence-electron chi connectivity index (χ1n) is 7.09. The Morgan fingerprint density at radius 3 is 2.52 bits per heavy atom. The Kier molecular flexibility index (Phi) is 5.68. The summed E-state index contributed by atoms with van der Waals surface area (Å²) in [6, 6.07) is 13.1. The second kappa shape index (κ2) is 7.93. The first-order chi connectivity index (χ1) is 11.0. The molecule has 0 heterocycles. The molecule has 2 aromatic carbocycles. The molecule has 5 nitrogen and oxygen atoms in total. The Balaban J connectivity index is 1.88. The molecule has 0 aliphatic rings. The van der Waals surface area contributed by atoms with Crippen molar-refractivity contribution < 1.29 is 18.7 Å². The number of anilines is 2. The van der Waals surface area contributed by atoms with Gasteiger partial charge in [-0.25, -0.2) is 4.39 Å². The van der Waals surface area contributed by atoms with Crippen molar-refractivity contribution in [2.24, 2.45) is 0 Å². The molecule has 0 bridgehead atoms. The third-order valence-electron chi connectivity index (χ3n) is 2.90. The molecule has 2 amide bonds. The summed E-state index contributed by atoms with van der Waals surface area (Å²) >= 11 is 0. The molecule has 0 aliphatic heterocycles. The number of carbonyl (C=O) groups is 2. The van der Waals surface area contributed by atoms with E-state index in [1.807, 2.05) is 18.2 Å². The van der Waals surface area contributed by atoms with Crippen LogP contribution in [0.2, 0.25) is 0 Å². The van der Waals surface area contributed by atoms with Crippen LogP contribution in [0.4, 0.5) is 15.8 Å². The van der Waals surface area contributed by atoms with E-state index in [-0.39, 0.29) is 30.5 Å². The lowest BCUT2D eigenvalue weighted by Crippen LogP contribution is -2.16. The summed E-state index contributed by atoms with van der Waals surface area (Å²) in [6.45, 7) is 1.53. The highest BCUT2D eigenvalue weighted by Crippen LogP contribution is 2.20. The van der Waals surface area contributed by atoms with E-state index in [1.165, 1.54) is 25.1 Å². The standard InChI is InChI=1S/C17H17FN2O3/c1-12(21)19-13-7-8-15(18)16(11-13)20-17(22)9-10-23-14-5-3-2-4-6-14/h2-8,11H,9-10H2,1H3,(H,19,21)(H,20,22). The molecular formula is C17H17FN2O3. The van der Waals surface area contributed by atoms with Gasteiger partial charge in [-0.15, -0.1) is 0 Å². The minimum atomic E-state index is -0.573. The number of hydrogen-bond acceptors (Lipinski definition) is 3. The summed E-state index contributed by atoms with van der Waals surface area (Å²) in [5.41, 5.74) is 0.427. The Hall–Kier alpha value is -2.89. The quantitative estimate of drug-likeness (QED) is 0.860. The SMILES string of the molecule is CC(=O)Nc1ccc(F)c(NC(=O)CCOc2ccccc2)c1. The number of ether oxygens (including phenoxy) is 1. The molecule has 0 spiro atoms. The van der Waals surface area contributed by atoms with Crippen LogP contribution in [0.1, 0.15) is 13.3 Å². The monoisotopic (exact) mass is 316 g/mol. The average Bonchev–Trinajstić information content (AvgIpc) is 2.51. The Bertz CT molecular complexity index is 689. The lowest BCUT2D eigenvalue weighted by molar-refractivity contribution is -0.116. The van der Waals surface area contributed by atoms with Gasteiger partial charge in [0, 0.05) is 12.6 Å². The molecule has 6 heteroatoms. The van der Waals surface area contributed by atoms with Crippen molar-refractivity contribution in [3.8, 4) is 5.75 Å². The summed E-state index contributed by atoms with van der Waals surface area (Å²) in [7, 11) is 0. The molecular weight excluding hydrogens is 299 g/mol. The number of hydrogen-bond donors (Lipinski definition) is 2. The Morgan fingerprint density at radius 2 is 1.83 bits per heavy atom. The summed E-state index contributed by atoms with van der Waals surface area (Å²) < 4.78 is 19.1. The van der Waals surface area contributed by atoms with E-state index < -0.39 is 5.82 Å². The number of carbonyl (C=O) groups excluding carboxylic acids is 2. The molecule has 0 atom stereocenters. The van der Waals surface area contributed by atoms with E-state index in [9.17, 15) is 14.0 Å². The lowest BCUT2D eigenvalue weighted by Gasteiger charge is -2.10. The van der Waals surface area contributed by atoms with Crippen molar-refractivity contribution >= 4 is 23.2 Å². The van der Waals surface area contributed by atoms with Crippen LogP contribution in [0.3, 0.4) is 0 Å². The molecule has 0 saturated heterocycles. The van der Waals surface area contributed by atoms with Crippen molar-refractivity contribution in [1.29, 1.82) is 0 Å². The lowest BCUT2D eigenvalue weighted by atomic mass is 10.2. The number of rotatable bonds is 6. The topological polar surface area (TPSA) is 67.4 Å². The van der Waals surface area contributed by atoms with Crippen LogP contribution >= 0.6 is 0 Å². The maximum absolute atomic E-state index is 13.7. The molecule has 0 unspecified atom stereocenters. The zero-order valence-corrected chi connectivity index (χ0v) is 12.6. The van der Waals surface area contributed by atoms with E-state index in [2.05, 4.69) is 10.6 Å². The van der Waals surface area contributed by atoms with E-state index in [0.717, 1.165) is 0 Å². The molecule has 23 heavy (non-hydrogen) atoms. The Morgan fingerprint density at radius 1 is 1.09 bits per heavy atom. The van der Waals surface area contributed by atoms with E-state index in [4.69, 9.17) is 4.74 Å². The van der Waals surface area contributed by atoms with Gasteiger partial charge < -0.3 is 15.4 Å². The first-order valence-corrected chi connectivity index (χ1v) is 7.09. The van der Waals surface area contributed by atoms with Crippen LogP contribution in [0.25, 0.3) is 0 Å². The summed E-state index contributed by atoms with van der Waals surface area (Å²) in [6.07, 6.45) is 0.0820. The average molecular weight is 316 g/mol. The largest absolute Gasteiger partial charge is 0.493 e. The van der Waals surface area contributed by atoms with Crippen LogP contribution in [0.5, 0.6) is 5.75 Å². The summed E-state index contributed by atoms with van der Waals surface area (Å²) in [5.74, 6) is -0.555.